The van der Waals surface area contributed by atoms with Crippen molar-refractivity contribution < 1.29 is 0 Å². The van der Waals surface area contributed by atoms with Gasteiger partial charge in [0.1, 0.15) is 0 Å². The van der Waals surface area contributed by atoms with E-state index < -0.39 is 0 Å². The molecule has 0 bridgehead atoms. The molecule has 78 valence electrons. The molecule has 5 heteroatoms. The molecule has 0 radical (unpaired) electrons. The molecule has 1 aromatic heterocycles. The lowest BCUT2D eigenvalue weighted by Gasteiger charge is -2.19. The van der Waals surface area contributed by atoms with Crippen molar-refractivity contribution in [2.75, 3.05) is 18.0 Å². The van der Waals surface area contributed by atoms with Gasteiger partial charge in [0.15, 0.2) is 4.77 Å². The first-order valence-corrected chi connectivity index (χ1v) is 5.16. The van der Waals surface area contributed by atoms with Crippen molar-refractivity contribution in [1.29, 1.82) is 0 Å². The number of hydrogen-bond donors (Lipinski definition) is 1. The van der Waals surface area contributed by atoms with Crippen LogP contribution in [0.2, 0.25) is 0 Å². The van der Waals surface area contributed by atoms with Gasteiger partial charge in [-0.3, -0.25) is 4.57 Å². The molecule has 1 rings (SSSR count). The summed E-state index contributed by atoms with van der Waals surface area (Å²) < 4.78 is 2.59. The van der Waals surface area contributed by atoms with Gasteiger partial charge in [0.2, 0.25) is 5.95 Å². The van der Waals surface area contributed by atoms with E-state index in [1.807, 2.05) is 10.6 Å². The number of aromatic amines is 1. The average molecular weight is 212 g/mol. The standard InChI is InChI=1S/C9H16N4S/c1-4-7-13-8(10-11-9(13)14)12(5-2)6-3/h4H,1,5-7H2,2-3H3,(H,11,14). The minimum absolute atomic E-state index is 0.645. The highest BCUT2D eigenvalue weighted by atomic mass is 32.1. The van der Waals surface area contributed by atoms with Gasteiger partial charge in [-0.05, 0) is 26.1 Å². The second-order valence-corrected chi connectivity index (χ2v) is 3.29. The van der Waals surface area contributed by atoms with Gasteiger partial charge in [-0.15, -0.1) is 11.7 Å². The zero-order valence-electron chi connectivity index (χ0n) is 8.66. The number of nitrogens with one attached hydrogen (secondary N) is 1. The van der Waals surface area contributed by atoms with E-state index in [9.17, 15) is 0 Å². The summed E-state index contributed by atoms with van der Waals surface area (Å²) >= 11 is 5.12. The van der Waals surface area contributed by atoms with E-state index in [0.29, 0.717) is 11.3 Å². The minimum atomic E-state index is 0.645. The lowest BCUT2D eigenvalue weighted by atomic mass is 10.5. The van der Waals surface area contributed by atoms with Gasteiger partial charge < -0.3 is 4.90 Å². The van der Waals surface area contributed by atoms with Crippen LogP contribution in [0.1, 0.15) is 13.8 Å². The number of hydrogen-bond acceptors (Lipinski definition) is 3. The van der Waals surface area contributed by atoms with Crippen LogP contribution in [0.25, 0.3) is 0 Å². The summed E-state index contributed by atoms with van der Waals surface area (Å²) in [6.07, 6.45) is 1.82. The predicted molar refractivity (Wildman–Crippen MR) is 61.2 cm³/mol. The van der Waals surface area contributed by atoms with Crippen LogP contribution >= 0.6 is 12.2 Å². The summed E-state index contributed by atoms with van der Waals surface area (Å²) in [6, 6.07) is 0. The molecule has 0 saturated heterocycles. The number of allylic oxidation sites excluding steroid dienone is 1. The molecule has 1 aromatic rings. The predicted octanol–water partition coefficient (Wildman–Crippen LogP) is 1.97. The average Bonchev–Trinajstić information content (AvgIpc) is 2.53. The maximum atomic E-state index is 5.12. The third-order valence-electron chi connectivity index (χ3n) is 2.10. The Bertz CT molecular complexity index is 348. The van der Waals surface area contributed by atoms with Crippen molar-refractivity contribution in [3.63, 3.8) is 0 Å². The first kappa shape index (κ1) is 11.0. The van der Waals surface area contributed by atoms with E-state index in [1.165, 1.54) is 0 Å². The fourth-order valence-corrected chi connectivity index (χ4v) is 1.55. The third-order valence-corrected chi connectivity index (χ3v) is 2.41. The van der Waals surface area contributed by atoms with Crippen molar-refractivity contribution in [3.05, 3.63) is 17.4 Å². The van der Waals surface area contributed by atoms with Crippen LogP contribution in [-0.2, 0) is 6.54 Å². The summed E-state index contributed by atoms with van der Waals surface area (Å²) in [5.41, 5.74) is 0. The second-order valence-electron chi connectivity index (χ2n) is 2.90. The first-order valence-electron chi connectivity index (χ1n) is 4.75. The number of rotatable bonds is 5. The molecule has 1 heterocycles. The molecule has 0 aliphatic carbocycles. The van der Waals surface area contributed by atoms with Gasteiger partial charge in [-0.2, -0.15) is 0 Å². The molecule has 0 atom stereocenters. The van der Waals surface area contributed by atoms with Crippen LogP contribution in [0.15, 0.2) is 12.7 Å². The first-order chi connectivity index (χ1) is 6.74. The zero-order chi connectivity index (χ0) is 10.6. The number of nitrogens with zero attached hydrogens (tertiary/aromatic N) is 3. The summed E-state index contributed by atoms with van der Waals surface area (Å²) in [6.45, 7) is 10.4. The monoisotopic (exact) mass is 212 g/mol. The molecule has 0 aliphatic rings. The third kappa shape index (κ3) is 2.04. The fraction of sp³-hybridized carbons (Fsp3) is 0.556. The van der Waals surface area contributed by atoms with Gasteiger partial charge in [0, 0.05) is 19.6 Å². The Morgan fingerprint density at radius 3 is 2.71 bits per heavy atom. The lowest BCUT2D eigenvalue weighted by molar-refractivity contribution is 0.738. The molecule has 4 nitrogen and oxygen atoms in total. The van der Waals surface area contributed by atoms with Gasteiger partial charge in [0.25, 0.3) is 0 Å². The molecule has 0 unspecified atom stereocenters. The van der Waals surface area contributed by atoms with Crippen LogP contribution in [0, 0.1) is 4.77 Å². The molecule has 0 fully saturated rings. The van der Waals surface area contributed by atoms with E-state index in [2.05, 4.69) is 35.5 Å². The van der Waals surface area contributed by atoms with Crippen LogP contribution in [0.4, 0.5) is 5.95 Å². The van der Waals surface area contributed by atoms with Crippen molar-refractivity contribution in [2.24, 2.45) is 0 Å². The van der Waals surface area contributed by atoms with E-state index in [1.54, 1.807) is 0 Å². The van der Waals surface area contributed by atoms with E-state index in [-0.39, 0.29) is 0 Å². The van der Waals surface area contributed by atoms with Gasteiger partial charge in [-0.25, -0.2) is 5.10 Å². The largest absolute Gasteiger partial charge is 0.342 e. The minimum Gasteiger partial charge on any atom is -0.342 e. The highest BCUT2D eigenvalue weighted by Crippen LogP contribution is 2.10. The quantitative estimate of drug-likeness (QED) is 0.599. The van der Waals surface area contributed by atoms with Crippen LogP contribution < -0.4 is 4.90 Å². The summed E-state index contributed by atoms with van der Waals surface area (Å²) in [5, 5.41) is 7.00. The number of aromatic nitrogens is 3. The summed E-state index contributed by atoms with van der Waals surface area (Å²) in [7, 11) is 0. The SMILES string of the molecule is C=CCn1c(N(CC)CC)n[nH]c1=S. The van der Waals surface area contributed by atoms with Crippen LogP contribution in [0.5, 0.6) is 0 Å². The van der Waals surface area contributed by atoms with E-state index in [0.717, 1.165) is 19.0 Å². The Hall–Kier alpha value is -1.10. The highest BCUT2D eigenvalue weighted by Gasteiger charge is 2.09. The molecule has 0 aliphatic heterocycles. The molecule has 0 amide bonds. The molecular weight excluding hydrogens is 196 g/mol. The molecule has 0 aromatic carbocycles. The van der Waals surface area contributed by atoms with Crippen LogP contribution in [0.3, 0.4) is 0 Å². The van der Waals surface area contributed by atoms with Crippen molar-refractivity contribution >= 4 is 18.2 Å². The molecular formula is C9H16N4S. The van der Waals surface area contributed by atoms with E-state index in [4.69, 9.17) is 12.2 Å². The molecule has 0 saturated carbocycles. The maximum Gasteiger partial charge on any atom is 0.225 e. The Morgan fingerprint density at radius 1 is 1.57 bits per heavy atom. The Kier molecular flexibility index (Phi) is 3.88. The van der Waals surface area contributed by atoms with Crippen molar-refractivity contribution in [3.8, 4) is 0 Å². The van der Waals surface area contributed by atoms with Gasteiger partial charge in [-0.1, -0.05) is 6.08 Å². The second kappa shape index (κ2) is 4.95. The maximum absolute atomic E-state index is 5.12. The Morgan fingerprint density at radius 2 is 2.21 bits per heavy atom. The van der Waals surface area contributed by atoms with E-state index >= 15 is 0 Å². The lowest BCUT2D eigenvalue weighted by Crippen LogP contribution is -2.25. The highest BCUT2D eigenvalue weighted by molar-refractivity contribution is 7.71. The number of anilines is 1. The van der Waals surface area contributed by atoms with Gasteiger partial charge in [0.05, 0.1) is 0 Å². The summed E-state index contributed by atoms with van der Waals surface area (Å²) in [5.74, 6) is 0.889. The van der Waals surface area contributed by atoms with Gasteiger partial charge >= 0.3 is 0 Å². The molecule has 1 N–H and O–H groups in total. The normalized spacial score (nSPS) is 10.1. The smallest absolute Gasteiger partial charge is 0.225 e. The Labute approximate surface area is 89.2 Å². The Balaban J connectivity index is 3.06. The van der Waals surface area contributed by atoms with Crippen molar-refractivity contribution in [1.82, 2.24) is 14.8 Å². The fourth-order valence-electron chi connectivity index (χ4n) is 1.35. The summed E-state index contributed by atoms with van der Waals surface area (Å²) in [4.78, 5) is 2.15. The van der Waals surface area contributed by atoms with Crippen LogP contribution in [-0.4, -0.2) is 27.9 Å². The topological polar surface area (TPSA) is 36.9 Å². The molecule has 14 heavy (non-hydrogen) atoms. The molecule has 0 spiro atoms. The number of H-pyrrole nitrogens is 1. The zero-order valence-corrected chi connectivity index (χ0v) is 9.47. The van der Waals surface area contributed by atoms with Crippen molar-refractivity contribution in [2.45, 2.75) is 20.4 Å².